The van der Waals surface area contributed by atoms with Gasteiger partial charge in [0, 0.05) is 37.8 Å². The Kier molecular flexibility index (Phi) is 5.33. The molecule has 5 heteroatoms. The van der Waals surface area contributed by atoms with E-state index in [-0.39, 0.29) is 28.9 Å². The fraction of sp³-hybridized carbons (Fsp3) is 0.731. The quantitative estimate of drug-likeness (QED) is 0.782. The van der Waals surface area contributed by atoms with Crippen LogP contribution in [-0.4, -0.2) is 44.9 Å². The summed E-state index contributed by atoms with van der Waals surface area (Å²) in [6.45, 7) is 13.2. The molecule has 170 valence electrons. The zero-order chi connectivity index (χ0) is 21.8. The standard InChI is InChI=1S/C26H38N2O3/c1-5-22(29)27-24-25(3,4)18-15-21-23(31-11-8-26(21,24)16-18)20-7-6-19(14-17(20)2)28-9-12-30-13-10-28/h6-7,14,18,21,23-24H,5,8-13,15-16H2,1-4H3,(H,27,29)/t18-,21-,23-,24-,26-/m1/s1. The first-order chi connectivity index (χ1) is 14.9. The minimum absolute atomic E-state index is 0.134. The number of benzene rings is 1. The number of morpholine rings is 1. The van der Waals surface area contributed by atoms with E-state index in [1.807, 2.05) is 6.92 Å². The minimum Gasteiger partial charge on any atom is -0.378 e. The van der Waals surface area contributed by atoms with Crippen LogP contribution in [0.15, 0.2) is 18.2 Å². The number of carbonyl (C=O) groups is 1. The third-order valence-electron chi connectivity index (χ3n) is 9.07. The fourth-order valence-electron chi connectivity index (χ4n) is 7.36. The summed E-state index contributed by atoms with van der Waals surface area (Å²) in [5.41, 5.74) is 4.27. The summed E-state index contributed by atoms with van der Waals surface area (Å²) in [7, 11) is 0. The van der Waals surface area contributed by atoms with E-state index in [4.69, 9.17) is 9.47 Å². The molecule has 1 spiro atoms. The Balaban J connectivity index is 1.44. The average molecular weight is 427 g/mol. The molecule has 4 fully saturated rings. The lowest BCUT2D eigenvalue weighted by Crippen LogP contribution is -2.58. The number of aryl methyl sites for hydroxylation is 1. The van der Waals surface area contributed by atoms with Gasteiger partial charge in [0.25, 0.3) is 0 Å². The zero-order valence-electron chi connectivity index (χ0n) is 19.6. The van der Waals surface area contributed by atoms with Gasteiger partial charge in [0.15, 0.2) is 0 Å². The molecule has 31 heavy (non-hydrogen) atoms. The lowest BCUT2D eigenvalue weighted by Gasteiger charge is -2.53. The van der Waals surface area contributed by atoms with Gasteiger partial charge in [-0.15, -0.1) is 0 Å². The maximum Gasteiger partial charge on any atom is 0.219 e. The monoisotopic (exact) mass is 426 g/mol. The van der Waals surface area contributed by atoms with Crippen molar-refractivity contribution in [2.24, 2.45) is 22.7 Å². The van der Waals surface area contributed by atoms with Gasteiger partial charge in [-0.05, 0) is 72.1 Å². The van der Waals surface area contributed by atoms with Crippen LogP contribution >= 0.6 is 0 Å². The molecule has 2 saturated heterocycles. The van der Waals surface area contributed by atoms with Gasteiger partial charge in [-0.3, -0.25) is 4.79 Å². The van der Waals surface area contributed by atoms with E-state index in [9.17, 15) is 4.79 Å². The van der Waals surface area contributed by atoms with Crippen LogP contribution in [-0.2, 0) is 14.3 Å². The summed E-state index contributed by atoms with van der Waals surface area (Å²) in [4.78, 5) is 14.9. The summed E-state index contributed by atoms with van der Waals surface area (Å²) in [5.74, 6) is 1.32. The van der Waals surface area contributed by atoms with Crippen molar-refractivity contribution in [2.75, 3.05) is 37.8 Å². The Hall–Kier alpha value is -1.59. The van der Waals surface area contributed by atoms with E-state index < -0.39 is 0 Å². The molecular formula is C26H38N2O3. The van der Waals surface area contributed by atoms with Crippen molar-refractivity contribution < 1.29 is 14.3 Å². The SMILES string of the molecule is CCC(=O)N[C@@H]1C(C)(C)[C@@H]2C[C@@H]3[C@@H](c4ccc(N5CCOCC5)cc4C)OCC[C@@]31C2. The third-order valence-corrected chi connectivity index (χ3v) is 9.07. The molecular weight excluding hydrogens is 388 g/mol. The van der Waals surface area contributed by atoms with E-state index in [1.165, 1.54) is 29.7 Å². The van der Waals surface area contributed by atoms with Crippen molar-refractivity contribution in [3.8, 4) is 0 Å². The smallest absolute Gasteiger partial charge is 0.219 e. The minimum atomic E-state index is 0.134. The molecule has 1 aromatic rings. The maximum atomic E-state index is 12.4. The van der Waals surface area contributed by atoms with Crippen LogP contribution in [0, 0.1) is 29.6 Å². The second-order valence-electron chi connectivity index (χ2n) is 10.8. The van der Waals surface area contributed by atoms with E-state index >= 15 is 0 Å². The molecule has 0 radical (unpaired) electrons. The van der Waals surface area contributed by atoms with Crippen LogP contribution in [0.3, 0.4) is 0 Å². The van der Waals surface area contributed by atoms with Crippen molar-refractivity contribution in [1.29, 1.82) is 0 Å². The molecule has 2 heterocycles. The number of fused-ring (bicyclic) bond motifs is 1. The first-order valence-electron chi connectivity index (χ1n) is 12.2. The van der Waals surface area contributed by atoms with Crippen molar-refractivity contribution in [2.45, 2.75) is 65.5 Å². The van der Waals surface area contributed by atoms with Gasteiger partial charge >= 0.3 is 0 Å². The molecule has 0 unspecified atom stereocenters. The zero-order valence-corrected chi connectivity index (χ0v) is 19.6. The van der Waals surface area contributed by atoms with Crippen LogP contribution in [0.5, 0.6) is 0 Å². The highest BCUT2D eigenvalue weighted by Gasteiger charge is 2.68. The number of hydrogen-bond donors (Lipinski definition) is 1. The van der Waals surface area contributed by atoms with Crippen LogP contribution in [0.2, 0.25) is 0 Å². The second kappa shape index (κ2) is 7.77. The average Bonchev–Trinajstić information content (AvgIpc) is 3.26. The number of amides is 1. The molecule has 0 aromatic heterocycles. The third kappa shape index (κ3) is 3.31. The molecule has 2 bridgehead atoms. The molecule has 2 aliphatic heterocycles. The summed E-state index contributed by atoms with van der Waals surface area (Å²) < 4.78 is 12.0. The molecule has 1 aromatic carbocycles. The Bertz CT molecular complexity index is 847. The number of nitrogens with one attached hydrogen (secondary N) is 1. The molecule has 2 saturated carbocycles. The fourth-order valence-corrected chi connectivity index (χ4v) is 7.36. The predicted octanol–water partition coefficient (Wildman–Crippen LogP) is 4.24. The first-order valence-corrected chi connectivity index (χ1v) is 12.2. The van der Waals surface area contributed by atoms with Crippen molar-refractivity contribution in [3.63, 3.8) is 0 Å². The molecule has 5 nitrogen and oxygen atoms in total. The van der Waals surface area contributed by atoms with Crippen LogP contribution in [0.4, 0.5) is 5.69 Å². The first kappa shape index (κ1) is 21.3. The molecule has 4 aliphatic rings. The number of carbonyl (C=O) groups excluding carboxylic acids is 1. The van der Waals surface area contributed by atoms with Crippen molar-refractivity contribution >= 4 is 11.6 Å². The Morgan fingerprint density at radius 2 is 2.00 bits per heavy atom. The Labute approximate surface area is 186 Å². The molecule has 1 N–H and O–H groups in total. The van der Waals surface area contributed by atoms with Gasteiger partial charge in [-0.25, -0.2) is 0 Å². The Morgan fingerprint density at radius 3 is 2.71 bits per heavy atom. The molecule has 5 atom stereocenters. The van der Waals surface area contributed by atoms with E-state index in [1.54, 1.807) is 0 Å². The van der Waals surface area contributed by atoms with Crippen LogP contribution < -0.4 is 10.2 Å². The van der Waals surface area contributed by atoms with Gasteiger partial charge in [-0.1, -0.05) is 26.8 Å². The van der Waals surface area contributed by atoms with Crippen molar-refractivity contribution in [1.82, 2.24) is 5.32 Å². The van der Waals surface area contributed by atoms with Crippen LogP contribution in [0.1, 0.15) is 63.7 Å². The van der Waals surface area contributed by atoms with E-state index in [0.717, 1.165) is 39.3 Å². The normalized spacial score (nSPS) is 36.3. The molecule has 5 rings (SSSR count). The van der Waals surface area contributed by atoms with Gasteiger partial charge < -0.3 is 19.7 Å². The molecule has 1 amide bonds. The number of nitrogens with zero attached hydrogens (tertiary/aromatic N) is 1. The van der Waals surface area contributed by atoms with Crippen molar-refractivity contribution in [3.05, 3.63) is 29.3 Å². The highest BCUT2D eigenvalue weighted by Crippen LogP contribution is 2.70. The Morgan fingerprint density at radius 1 is 1.23 bits per heavy atom. The summed E-state index contributed by atoms with van der Waals surface area (Å²) >= 11 is 0. The number of ether oxygens (including phenoxy) is 2. The summed E-state index contributed by atoms with van der Waals surface area (Å²) in [6.07, 6.45) is 4.19. The highest BCUT2D eigenvalue weighted by molar-refractivity contribution is 5.76. The number of rotatable bonds is 4. The number of hydrogen-bond acceptors (Lipinski definition) is 4. The van der Waals surface area contributed by atoms with Crippen LogP contribution in [0.25, 0.3) is 0 Å². The summed E-state index contributed by atoms with van der Waals surface area (Å²) in [5, 5.41) is 3.47. The summed E-state index contributed by atoms with van der Waals surface area (Å²) in [6, 6.07) is 7.15. The van der Waals surface area contributed by atoms with Gasteiger partial charge in [0.1, 0.15) is 0 Å². The highest BCUT2D eigenvalue weighted by atomic mass is 16.5. The van der Waals surface area contributed by atoms with E-state index in [2.05, 4.69) is 49.2 Å². The number of anilines is 1. The second-order valence-corrected chi connectivity index (χ2v) is 10.8. The predicted molar refractivity (Wildman–Crippen MR) is 122 cm³/mol. The molecule has 2 aliphatic carbocycles. The maximum absolute atomic E-state index is 12.4. The van der Waals surface area contributed by atoms with E-state index in [0.29, 0.717) is 18.3 Å². The van der Waals surface area contributed by atoms with Gasteiger partial charge in [0.05, 0.1) is 19.3 Å². The topological polar surface area (TPSA) is 50.8 Å². The van der Waals surface area contributed by atoms with Gasteiger partial charge in [0.2, 0.25) is 5.91 Å². The van der Waals surface area contributed by atoms with Gasteiger partial charge in [-0.2, -0.15) is 0 Å². The largest absolute Gasteiger partial charge is 0.378 e. The lowest BCUT2D eigenvalue weighted by atomic mass is 9.58. The lowest BCUT2D eigenvalue weighted by molar-refractivity contribution is -0.137.